The first kappa shape index (κ1) is 14.1. The lowest BCUT2D eigenvalue weighted by molar-refractivity contribution is 0.100. The quantitative estimate of drug-likeness (QED) is 0.498. The van der Waals surface area contributed by atoms with Gasteiger partial charge < -0.3 is 10.6 Å². The molecule has 0 aliphatic heterocycles. The van der Waals surface area contributed by atoms with Gasteiger partial charge in [0, 0.05) is 12.6 Å². The van der Waals surface area contributed by atoms with Crippen LogP contribution in [0.25, 0.3) is 10.8 Å². The lowest BCUT2D eigenvalue weighted by Gasteiger charge is -2.08. The monoisotopic (exact) mass is 270 g/mol. The van der Waals surface area contributed by atoms with Crippen LogP contribution in [0.3, 0.4) is 0 Å². The molecule has 0 heterocycles. The molecule has 0 spiro atoms. The van der Waals surface area contributed by atoms with E-state index < -0.39 is 5.91 Å². The van der Waals surface area contributed by atoms with Crippen LogP contribution in [0.2, 0.25) is 0 Å². The fourth-order valence-electron chi connectivity index (χ4n) is 2.11. The van der Waals surface area contributed by atoms with Crippen molar-refractivity contribution < 1.29 is 9.63 Å². The molecular formula is C16H18N2O2. The zero-order valence-electron chi connectivity index (χ0n) is 11.5. The number of carbonyl (C=O) groups is 1. The summed E-state index contributed by atoms with van der Waals surface area (Å²) in [6.45, 7) is 2.61. The van der Waals surface area contributed by atoms with Crippen LogP contribution in [-0.4, -0.2) is 18.7 Å². The number of oxime groups is 1. The first-order valence-electron chi connectivity index (χ1n) is 6.68. The smallest absolute Gasteiger partial charge is 0.249 e. The summed E-state index contributed by atoms with van der Waals surface area (Å²) in [6.07, 6.45) is 3.10. The van der Waals surface area contributed by atoms with E-state index in [2.05, 4.69) is 5.16 Å². The standard InChI is InChI=1S/C16H18N2O2/c1-2-11-20-18-10-9-13-8-7-12-5-3-4-6-14(12)15(13)16(17)19/h3-8,10H,2,9,11H2,1H3,(H2,17,19). The van der Waals surface area contributed by atoms with Crippen molar-refractivity contribution in [2.75, 3.05) is 6.61 Å². The van der Waals surface area contributed by atoms with Crippen molar-refractivity contribution in [3.05, 3.63) is 47.5 Å². The van der Waals surface area contributed by atoms with Crippen molar-refractivity contribution in [3.8, 4) is 0 Å². The van der Waals surface area contributed by atoms with Crippen LogP contribution in [0.4, 0.5) is 0 Å². The number of nitrogens with zero attached hydrogens (tertiary/aromatic N) is 1. The van der Waals surface area contributed by atoms with Crippen molar-refractivity contribution in [3.63, 3.8) is 0 Å². The zero-order chi connectivity index (χ0) is 14.4. The van der Waals surface area contributed by atoms with E-state index in [9.17, 15) is 4.79 Å². The molecule has 104 valence electrons. The minimum absolute atomic E-state index is 0.417. The fraction of sp³-hybridized carbons (Fsp3) is 0.250. The Labute approximate surface area is 118 Å². The number of rotatable bonds is 6. The van der Waals surface area contributed by atoms with Crippen LogP contribution in [0.15, 0.2) is 41.6 Å². The van der Waals surface area contributed by atoms with E-state index in [0.717, 1.165) is 22.8 Å². The summed E-state index contributed by atoms with van der Waals surface area (Å²) in [5.74, 6) is -0.417. The van der Waals surface area contributed by atoms with E-state index in [1.54, 1.807) is 6.21 Å². The van der Waals surface area contributed by atoms with Crippen molar-refractivity contribution in [2.24, 2.45) is 10.9 Å². The number of primary amides is 1. The van der Waals surface area contributed by atoms with Gasteiger partial charge in [0.25, 0.3) is 0 Å². The minimum atomic E-state index is -0.417. The molecule has 2 aromatic carbocycles. The topological polar surface area (TPSA) is 64.7 Å². The van der Waals surface area contributed by atoms with Crippen LogP contribution in [-0.2, 0) is 11.3 Å². The lowest BCUT2D eigenvalue weighted by atomic mass is 9.97. The predicted octanol–water partition coefficient (Wildman–Crippen LogP) is 2.89. The third-order valence-electron chi connectivity index (χ3n) is 3.02. The molecule has 0 radical (unpaired) electrons. The Kier molecular flexibility index (Phi) is 4.71. The molecule has 0 saturated carbocycles. The number of hydrogen-bond donors (Lipinski definition) is 1. The maximum absolute atomic E-state index is 11.7. The first-order valence-corrected chi connectivity index (χ1v) is 6.68. The van der Waals surface area contributed by atoms with E-state index >= 15 is 0 Å². The van der Waals surface area contributed by atoms with Gasteiger partial charge in [0.05, 0.1) is 5.56 Å². The number of amides is 1. The Bertz CT molecular complexity index is 635. The second kappa shape index (κ2) is 6.70. The Morgan fingerprint density at radius 2 is 2.10 bits per heavy atom. The Morgan fingerprint density at radius 1 is 1.30 bits per heavy atom. The largest absolute Gasteiger partial charge is 0.396 e. The zero-order valence-corrected chi connectivity index (χ0v) is 11.5. The Morgan fingerprint density at radius 3 is 2.85 bits per heavy atom. The fourth-order valence-corrected chi connectivity index (χ4v) is 2.11. The van der Waals surface area contributed by atoms with Crippen LogP contribution < -0.4 is 5.73 Å². The molecule has 2 aromatic rings. The molecule has 0 unspecified atom stereocenters. The second-order valence-electron chi connectivity index (χ2n) is 4.51. The number of carbonyl (C=O) groups excluding carboxylic acids is 1. The molecule has 1 amide bonds. The summed E-state index contributed by atoms with van der Waals surface area (Å²) in [7, 11) is 0. The molecule has 2 rings (SSSR count). The molecule has 0 aliphatic rings. The molecule has 0 saturated heterocycles. The molecule has 20 heavy (non-hydrogen) atoms. The summed E-state index contributed by atoms with van der Waals surface area (Å²) in [6, 6.07) is 11.6. The van der Waals surface area contributed by atoms with Crippen LogP contribution in [0.1, 0.15) is 29.3 Å². The van der Waals surface area contributed by atoms with Gasteiger partial charge >= 0.3 is 0 Å². The van der Waals surface area contributed by atoms with Crippen LogP contribution in [0, 0.1) is 0 Å². The highest BCUT2D eigenvalue weighted by Gasteiger charge is 2.11. The SMILES string of the molecule is CCCON=CCc1ccc2ccccc2c1C(N)=O. The number of fused-ring (bicyclic) bond motifs is 1. The molecule has 2 N–H and O–H groups in total. The van der Waals surface area contributed by atoms with Crippen molar-refractivity contribution in [1.82, 2.24) is 0 Å². The van der Waals surface area contributed by atoms with E-state index in [0.29, 0.717) is 18.6 Å². The van der Waals surface area contributed by atoms with E-state index in [1.807, 2.05) is 43.3 Å². The highest BCUT2D eigenvalue weighted by molar-refractivity contribution is 6.08. The second-order valence-corrected chi connectivity index (χ2v) is 4.51. The third-order valence-corrected chi connectivity index (χ3v) is 3.02. The van der Waals surface area contributed by atoms with Crippen molar-refractivity contribution >= 4 is 22.9 Å². The van der Waals surface area contributed by atoms with E-state index in [4.69, 9.17) is 10.6 Å². The normalized spacial score (nSPS) is 11.1. The summed E-state index contributed by atoms with van der Waals surface area (Å²) < 4.78 is 0. The Hall–Kier alpha value is -2.36. The number of benzene rings is 2. The predicted molar refractivity (Wildman–Crippen MR) is 80.9 cm³/mol. The maximum Gasteiger partial charge on any atom is 0.249 e. The summed E-state index contributed by atoms with van der Waals surface area (Å²) in [5, 5.41) is 5.74. The summed E-state index contributed by atoms with van der Waals surface area (Å²) in [5.41, 5.74) is 6.94. The van der Waals surface area contributed by atoms with Gasteiger partial charge in [-0.25, -0.2) is 0 Å². The highest BCUT2D eigenvalue weighted by Crippen LogP contribution is 2.22. The molecule has 4 heteroatoms. The van der Waals surface area contributed by atoms with Gasteiger partial charge in [-0.3, -0.25) is 4.79 Å². The molecular weight excluding hydrogens is 252 g/mol. The lowest BCUT2D eigenvalue weighted by Crippen LogP contribution is -2.14. The van der Waals surface area contributed by atoms with Crippen molar-refractivity contribution in [2.45, 2.75) is 19.8 Å². The summed E-state index contributed by atoms with van der Waals surface area (Å²) in [4.78, 5) is 16.8. The molecule has 0 fully saturated rings. The Balaban J connectivity index is 2.31. The van der Waals surface area contributed by atoms with Crippen molar-refractivity contribution in [1.29, 1.82) is 0 Å². The number of nitrogens with two attached hydrogens (primary N) is 1. The molecule has 4 nitrogen and oxygen atoms in total. The van der Waals surface area contributed by atoms with Gasteiger partial charge in [0.15, 0.2) is 0 Å². The van der Waals surface area contributed by atoms with E-state index in [-0.39, 0.29) is 0 Å². The average molecular weight is 270 g/mol. The van der Waals surface area contributed by atoms with Gasteiger partial charge in [-0.2, -0.15) is 0 Å². The molecule has 0 aromatic heterocycles. The minimum Gasteiger partial charge on any atom is -0.396 e. The molecule has 0 bridgehead atoms. The van der Waals surface area contributed by atoms with Crippen LogP contribution >= 0.6 is 0 Å². The van der Waals surface area contributed by atoms with Gasteiger partial charge in [0.1, 0.15) is 6.61 Å². The molecule has 0 atom stereocenters. The number of hydrogen-bond acceptors (Lipinski definition) is 3. The highest BCUT2D eigenvalue weighted by atomic mass is 16.6. The van der Waals surface area contributed by atoms with Gasteiger partial charge in [0.2, 0.25) is 5.91 Å². The van der Waals surface area contributed by atoms with E-state index in [1.165, 1.54) is 0 Å². The summed E-state index contributed by atoms with van der Waals surface area (Å²) >= 11 is 0. The first-order chi connectivity index (χ1) is 9.74. The van der Waals surface area contributed by atoms with Gasteiger partial charge in [-0.15, -0.1) is 0 Å². The van der Waals surface area contributed by atoms with Gasteiger partial charge in [-0.05, 0) is 22.8 Å². The van der Waals surface area contributed by atoms with Gasteiger partial charge in [-0.1, -0.05) is 48.5 Å². The average Bonchev–Trinajstić information content (AvgIpc) is 2.46. The molecule has 0 aliphatic carbocycles. The maximum atomic E-state index is 11.7. The van der Waals surface area contributed by atoms with Crippen LogP contribution in [0.5, 0.6) is 0 Å². The third kappa shape index (κ3) is 3.15.